The Hall–Kier alpha value is -1.86. The van der Waals surface area contributed by atoms with Crippen LogP contribution in [0.1, 0.15) is 37.7 Å². The van der Waals surface area contributed by atoms with E-state index in [9.17, 15) is 10.1 Å². The van der Waals surface area contributed by atoms with Gasteiger partial charge < -0.3 is 9.80 Å². The third kappa shape index (κ3) is 3.25. The molecule has 0 bridgehead atoms. The first kappa shape index (κ1) is 16.0. The number of benzene rings is 1. The van der Waals surface area contributed by atoms with Crippen LogP contribution in [0.4, 0.5) is 0 Å². The van der Waals surface area contributed by atoms with Gasteiger partial charge in [-0.1, -0.05) is 30.3 Å². The first-order chi connectivity index (χ1) is 11.1. The zero-order chi connectivity index (χ0) is 16.3. The Morgan fingerprint density at radius 1 is 1.26 bits per heavy atom. The maximum absolute atomic E-state index is 12.6. The second-order valence-corrected chi connectivity index (χ2v) is 6.92. The number of carbonyl (C=O) groups excluding carboxylic acids is 1. The summed E-state index contributed by atoms with van der Waals surface area (Å²) in [5.41, 5.74) is 0.660. The molecule has 0 aromatic heterocycles. The average molecular weight is 311 g/mol. The normalized spacial score (nSPS) is 24.3. The standard InChI is InChI=1S/C19H25N3O/c1-21-11-5-8-17(21)14-18(23)22-12-9-19(15-20,10-13-22)16-6-3-2-4-7-16/h2-4,6-7,17H,5,8-14H2,1H3/t17-/m1/s1. The molecule has 1 aromatic carbocycles. The fourth-order valence-electron chi connectivity index (χ4n) is 3.93. The Morgan fingerprint density at radius 3 is 2.52 bits per heavy atom. The van der Waals surface area contributed by atoms with Crippen molar-refractivity contribution in [3.05, 3.63) is 35.9 Å². The molecule has 0 radical (unpaired) electrons. The summed E-state index contributed by atoms with van der Waals surface area (Å²) in [5.74, 6) is 0.253. The van der Waals surface area contributed by atoms with Gasteiger partial charge in [-0.15, -0.1) is 0 Å². The third-order valence-electron chi connectivity index (χ3n) is 5.59. The number of rotatable bonds is 3. The molecular weight excluding hydrogens is 286 g/mol. The SMILES string of the molecule is CN1CCC[C@@H]1CC(=O)N1CCC(C#N)(c2ccccc2)CC1. The van der Waals surface area contributed by atoms with Gasteiger partial charge in [0, 0.05) is 25.6 Å². The van der Waals surface area contributed by atoms with E-state index in [0.29, 0.717) is 25.6 Å². The molecule has 2 aliphatic rings. The number of nitrogens with zero attached hydrogens (tertiary/aromatic N) is 3. The van der Waals surface area contributed by atoms with Gasteiger partial charge in [0.15, 0.2) is 0 Å². The van der Waals surface area contributed by atoms with E-state index in [1.165, 1.54) is 6.42 Å². The minimum absolute atomic E-state index is 0.253. The van der Waals surface area contributed by atoms with Crippen molar-refractivity contribution < 1.29 is 4.79 Å². The maximum atomic E-state index is 12.6. The lowest BCUT2D eigenvalue weighted by Crippen LogP contribution is -2.46. The predicted molar refractivity (Wildman–Crippen MR) is 89.8 cm³/mol. The van der Waals surface area contributed by atoms with Crippen molar-refractivity contribution in [1.29, 1.82) is 5.26 Å². The molecule has 0 spiro atoms. The number of amides is 1. The van der Waals surface area contributed by atoms with Crippen LogP contribution in [0.5, 0.6) is 0 Å². The summed E-state index contributed by atoms with van der Waals surface area (Å²) in [6, 6.07) is 13.0. The van der Waals surface area contributed by atoms with Crippen molar-refractivity contribution in [2.24, 2.45) is 0 Å². The molecule has 1 atom stereocenters. The number of hydrogen-bond donors (Lipinski definition) is 0. The van der Waals surface area contributed by atoms with Crippen molar-refractivity contribution in [3.8, 4) is 6.07 Å². The van der Waals surface area contributed by atoms with Crippen molar-refractivity contribution in [1.82, 2.24) is 9.80 Å². The second-order valence-electron chi connectivity index (χ2n) is 6.92. The van der Waals surface area contributed by atoms with Gasteiger partial charge in [0.1, 0.15) is 0 Å². The Kier molecular flexibility index (Phi) is 4.68. The lowest BCUT2D eigenvalue weighted by molar-refractivity contribution is -0.133. The number of likely N-dealkylation sites (tertiary alicyclic amines) is 2. The lowest BCUT2D eigenvalue weighted by Gasteiger charge is -2.38. The van der Waals surface area contributed by atoms with Gasteiger partial charge in [0.2, 0.25) is 5.91 Å². The fourth-order valence-corrected chi connectivity index (χ4v) is 3.93. The quantitative estimate of drug-likeness (QED) is 0.862. The summed E-state index contributed by atoms with van der Waals surface area (Å²) in [4.78, 5) is 16.8. The van der Waals surface area contributed by atoms with E-state index in [-0.39, 0.29) is 5.91 Å². The van der Waals surface area contributed by atoms with Crippen LogP contribution >= 0.6 is 0 Å². The number of hydrogen-bond acceptors (Lipinski definition) is 3. The molecule has 2 saturated heterocycles. The molecule has 2 heterocycles. The molecule has 0 saturated carbocycles. The van der Waals surface area contributed by atoms with E-state index in [1.54, 1.807) is 0 Å². The van der Waals surface area contributed by atoms with Crippen molar-refractivity contribution in [2.75, 3.05) is 26.7 Å². The van der Waals surface area contributed by atoms with Crippen LogP contribution in [-0.4, -0.2) is 48.4 Å². The molecule has 0 N–H and O–H groups in total. The van der Waals surface area contributed by atoms with E-state index in [4.69, 9.17) is 0 Å². The van der Waals surface area contributed by atoms with Gasteiger partial charge in [-0.25, -0.2) is 0 Å². The summed E-state index contributed by atoms with van der Waals surface area (Å²) < 4.78 is 0. The summed E-state index contributed by atoms with van der Waals surface area (Å²) in [6.45, 7) is 2.49. The van der Waals surface area contributed by atoms with E-state index in [0.717, 1.165) is 31.4 Å². The number of nitriles is 1. The molecular formula is C19H25N3O. The van der Waals surface area contributed by atoms with Crippen LogP contribution in [0, 0.1) is 11.3 Å². The van der Waals surface area contributed by atoms with Crippen LogP contribution in [0.25, 0.3) is 0 Å². The van der Waals surface area contributed by atoms with Gasteiger partial charge >= 0.3 is 0 Å². The highest BCUT2D eigenvalue weighted by Gasteiger charge is 2.38. The zero-order valence-corrected chi connectivity index (χ0v) is 13.9. The van der Waals surface area contributed by atoms with Crippen LogP contribution in [0.2, 0.25) is 0 Å². The highest BCUT2D eigenvalue weighted by Crippen LogP contribution is 2.35. The summed E-state index contributed by atoms with van der Waals surface area (Å²) in [5, 5.41) is 9.72. The molecule has 3 rings (SSSR count). The molecule has 0 unspecified atom stereocenters. The van der Waals surface area contributed by atoms with Gasteiger partial charge in [-0.05, 0) is 44.8 Å². The number of carbonyl (C=O) groups is 1. The largest absolute Gasteiger partial charge is 0.343 e. The van der Waals surface area contributed by atoms with Crippen LogP contribution < -0.4 is 0 Å². The Bertz CT molecular complexity index is 584. The van der Waals surface area contributed by atoms with E-state index in [1.807, 2.05) is 35.2 Å². The van der Waals surface area contributed by atoms with Crippen molar-refractivity contribution in [2.45, 2.75) is 43.6 Å². The molecule has 0 aliphatic carbocycles. The van der Waals surface area contributed by atoms with Crippen molar-refractivity contribution in [3.63, 3.8) is 0 Å². The summed E-state index contributed by atoms with van der Waals surface area (Å²) >= 11 is 0. The van der Waals surface area contributed by atoms with E-state index in [2.05, 4.69) is 18.0 Å². The van der Waals surface area contributed by atoms with Gasteiger partial charge in [-0.2, -0.15) is 5.26 Å². The maximum Gasteiger partial charge on any atom is 0.224 e. The topological polar surface area (TPSA) is 47.3 Å². The van der Waals surface area contributed by atoms with Crippen molar-refractivity contribution >= 4 is 5.91 Å². The second kappa shape index (κ2) is 6.72. The van der Waals surface area contributed by atoms with Crippen LogP contribution in [0.15, 0.2) is 30.3 Å². The summed E-state index contributed by atoms with van der Waals surface area (Å²) in [6.07, 6.45) is 4.42. The van der Waals surface area contributed by atoms with E-state index < -0.39 is 5.41 Å². The monoisotopic (exact) mass is 311 g/mol. The first-order valence-electron chi connectivity index (χ1n) is 8.59. The molecule has 23 heavy (non-hydrogen) atoms. The smallest absolute Gasteiger partial charge is 0.224 e. The molecule has 1 amide bonds. The lowest BCUT2D eigenvalue weighted by atomic mass is 9.74. The van der Waals surface area contributed by atoms with Gasteiger partial charge in [-0.3, -0.25) is 4.79 Å². The Labute approximate surface area is 138 Å². The molecule has 4 nitrogen and oxygen atoms in total. The predicted octanol–water partition coefficient (Wildman–Crippen LogP) is 2.55. The van der Waals surface area contributed by atoms with Crippen LogP contribution in [0.3, 0.4) is 0 Å². The Morgan fingerprint density at radius 2 is 1.96 bits per heavy atom. The average Bonchev–Trinajstić information content (AvgIpc) is 3.00. The zero-order valence-electron chi connectivity index (χ0n) is 13.9. The number of piperidine rings is 1. The third-order valence-corrected chi connectivity index (χ3v) is 5.59. The molecule has 2 aliphatic heterocycles. The minimum atomic E-state index is -0.428. The highest BCUT2D eigenvalue weighted by molar-refractivity contribution is 5.77. The first-order valence-corrected chi connectivity index (χ1v) is 8.59. The fraction of sp³-hybridized carbons (Fsp3) is 0.579. The van der Waals surface area contributed by atoms with E-state index >= 15 is 0 Å². The minimum Gasteiger partial charge on any atom is -0.343 e. The van der Waals surface area contributed by atoms with Gasteiger partial charge in [0.05, 0.1) is 11.5 Å². The van der Waals surface area contributed by atoms with Gasteiger partial charge in [0.25, 0.3) is 0 Å². The molecule has 122 valence electrons. The Balaban J connectivity index is 1.61. The molecule has 4 heteroatoms. The molecule has 2 fully saturated rings. The highest BCUT2D eigenvalue weighted by atomic mass is 16.2. The van der Waals surface area contributed by atoms with Crippen LogP contribution in [-0.2, 0) is 10.2 Å². The summed E-state index contributed by atoms with van der Waals surface area (Å²) in [7, 11) is 2.11. The molecule has 1 aromatic rings.